The second-order valence-electron chi connectivity index (χ2n) is 5.44. The zero-order valence-electron chi connectivity index (χ0n) is 13.3. The maximum Gasteiger partial charge on any atom is 0.253 e. The van der Waals surface area contributed by atoms with Crippen LogP contribution in [0.2, 0.25) is 5.02 Å². The van der Waals surface area contributed by atoms with Crippen LogP contribution in [0.25, 0.3) is 0 Å². The van der Waals surface area contributed by atoms with E-state index in [1.165, 1.54) is 10.5 Å². The molecule has 0 fully saturated rings. The Labute approximate surface area is 146 Å². The van der Waals surface area contributed by atoms with Crippen LogP contribution in [0, 0.1) is 0 Å². The van der Waals surface area contributed by atoms with Crippen LogP contribution in [-0.4, -0.2) is 30.4 Å². The summed E-state index contributed by atoms with van der Waals surface area (Å²) in [7, 11) is 1.78. The average molecular weight is 349 g/mol. The molecule has 23 heavy (non-hydrogen) atoms. The number of carbonyl (C=O) groups excluding carboxylic acids is 1. The molecule has 5 heteroatoms. The summed E-state index contributed by atoms with van der Waals surface area (Å²) in [6.07, 6.45) is 0. The molecule has 2 rings (SSSR count). The lowest BCUT2D eigenvalue weighted by molar-refractivity contribution is 0.0748. The number of carbonyl (C=O) groups is 1. The molecule has 1 unspecified atom stereocenters. The Kier molecular flexibility index (Phi) is 6.51. The monoisotopic (exact) mass is 348 g/mol. The molecular weight excluding hydrogens is 328 g/mol. The first-order valence-corrected chi connectivity index (χ1v) is 8.82. The van der Waals surface area contributed by atoms with Crippen LogP contribution in [0.4, 0.5) is 0 Å². The van der Waals surface area contributed by atoms with Gasteiger partial charge in [0.15, 0.2) is 0 Å². The number of thioether (sulfide) groups is 1. The topological polar surface area (TPSA) is 46.3 Å². The van der Waals surface area contributed by atoms with Gasteiger partial charge in [-0.25, -0.2) is 0 Å². The summed E-state index contributed by atoms with van der Waals surface area (Å²) < 4.78 is 0. The number of amides is 1. The van der Waals surface area contributed by atoms with Crippen LogP contribution < -0.4 is 5.73 Å². The van der Waals surface area contributed by atoms with Gasteiger partial charge in [-0.3, -0.25) is 4.79 Å². The van der Waals surface area contributed by atoms with Gasteiger partial charge in [0.05, 0.1) is 0 Å². The van der Waals surface area contributed by atoms with Gasteiger partial charge >= 0.3 is 0 Å². The van der Waals surface area contributed by atoms with Crippen molar-refractivity contribution in [3.05, 3.63) is 64.7 Å². The number of hydrogen-bond acceptors (Lipinski definition) is 3. The lowest BCUT2D eigenvalue weighted by Gasteiger charge is -2.23. The fourth-order valence-corrected chi connectivity index (χ4v) is 2.98. The first-order valence-electron chi connectivity index (χ1n) is 7.46. The van der Waals surface area contributed by atoms with E-state index in [9.17, 15) is 4.79 Å². The van der Waals surface area contributed by atoms with Gasteiger partial charge in [0.1, 0.15) is 0 Å². The molecule has 3 nitrogen and oxygen atoms in total. The number of hydrogen-bond donors (Lipinski definition) is 1. The van der Waals surface area contributed by atoms with Crippen LogP contribution in [-0.2, 0) is 5.75 Å². The molecule has 0 saturated carbocycles. The highest BCUT2D eigenvalue weighted by Gasteiger charge is 2.16. The molecule has 0 aliphatic heterocycles. The van der Waals surface area contributed by atoms with Crippen molar-refractivity contribution in [1.82, 2.24) is 4.90 Å². The van der Waals surface area contributed by atoms with E-state index in [0.717, 1.165) is 10.8 Å². The predicted molar refractivity (Wildman–Crippen MR) is 98.1 cm³/mol. The van der Waals surface area contributed by atoms with E-state index in [1.54, 1.807) is 23.7 Å². The Morgan fingerprint density at radius 2 is 1.78 bits per heavy atom. The zero-order valence-corrected chi connectivity index (χ0v) is 14.9. The normalized spacial score (nSPS) is 12.0. The van der Waals surface area contributed by atoms with Gasteiger partial charge in [0, 0.05) is 40.9 Å². The molecule has 0 bridgehead atoms. The summed E-state index contributed by atoms with van der Waals surface area (Å²) in [5.41, 5.74) is 7.48. The van der Waals surface area contributed by atoms with Crippen molar-refractivity contribution in [3.63, 3.8) is 0 Å². The highest BCUT2D eigenvalue weighted by Crippen LogP contribution is 2.24. The van der Waals surface area contributed by atoms with Crippen molar-refractivity contribution in [1.29, 1.82) is 0 Å². The number of likely N-dealkylation sites (N-methyl/N-ethyl adjacent to an activating group) is 1. The minimum absolute atomic E-state index is 0.000135. The Bertz CT molecular complexity index is 643. The highest BCUT2D eigenvalue weighted by atomic mass is 35.5. The SMILES string of the molecule is CC(CN)N(C)C(=O)c1ccc(CSc2ccc(Cl)cc2)cc1. The van der Waals surface area contributed by atoms with Crippen molar-refractivity contribution in [2.24, 2.45) is 5.73 Å². The minimum atomic E-state index is -0.000135. The minimum Gasteiger partial charge on any atom is -0.338 e. The molecule has 2 aromatic carbocycles. The third kappa shape index (κ3) is 4.99. The fraction of sp³-hybridized carbons (Fsp3) is 0.278. The molecule has 0 saturated heterocycles. The van der Waals surface area contributed by atoms with Crippen molar-refractivity contribution in [3.8, 4) is 0 Å². The van der Waals surface area contributed by atoms with Crippen molar-refractivity contribution < 1.29 is 4.79 Å². The number of halogens is 1. The van der Waals surface area contributed by atoms with Crippen LogP contribution in [0.1, 0.15) is 22.8 Å². The maximum absolute atomic E-state index is 12.3. The van der Waals surface area contributed by atoms with Gasteiger partial charge in [-0.05, 0) is 48.9 Å². The third-order valence-electron chi connectivity index (χ3n) is 3.74. The molecule has 0 heterocycles. The fourth-order valence-electron chi connectivity index (χ4n) is 2.00. The lowest BCUT2D eigenvalue weighted by Crippen LogP contribution is -2.39. The van der Waals surface area contributed by atoms with Gasteiger partial charge in [0.25, 0.3) is 5.91 Å². The van der Waals surface area contributed by atoms with E-state index < -0.39 is 0 Å². The van der Waals surface area contributed by atoms with E-state index >= 15 is 0 Å². The first kappa shape index (κ1) is 17.9. The second kappa shape index (κ2) is 8.39. The molecule has 2 aromatic rings. The van der Waals surface area contributed by atoms with Gasteiger partial charge in [-0.2, -0.15) is 0 Å². The van der Waals surface area contributed by atoms with Crippen molar-refractivity contribution in [2.75, 3.05) is 13.6 Å². The average Bonchev–Trinajstić information content (AvgIpc) is 2.59. The Morgan fingerprint density at radius 1 is 1.17 bits per heavy atom. The van der Waals surface area contributed by atoms with E-state index in [0.29, 0.717) is 12.1 Å². The van der Waals surface area contributed by atoms with Gasteiger partial charge < -0.3 is 10.6 Å². The van der Waals surface area contributed by atoms with Gasteiger partial charge in [-0.15, -0.1) is 11.8 Å². The summed E-state index contributed by atoms with van der Waals surface area (Å²) in [6.45, 7) is 2.40. The summed E-state index contributed by atoms with van der Waals surface area (Å²) in [4.78, 5) is 15.2. The zero-order chi connectivity index (χ0) is 16.8. The molecule has 0 aliphatic rings. The van der Waals surface area contributed by atoms with Gasteiger partial charge in [-0.1, -0.05) is 23.7 Å². The smallest absolute Gasteiger partial charge is 0.253 e. The summed E-state index contributed by atoms with van der Waals surface area (Å²) in [5.74, 6) is 0.852. The maximum atomic E-state index is 12.3. The summed E-state index contributed by atoms with van der Waals surface area (Å²) in [6, 6.07) is 15.6. The molecule has 0 spiro atoms. The second-order valence-corrected chi connectivity index (χ2v) is 6.93. The summed E-state index contributed by atoms with van der Waals surface area (Å²) in [5, 5.41) is 0.744. The van der Waals surface area contributed by atoms with Crippen LogP contribution in [0.3, 0.4) is 0 Å². The molecule has 1 atom stereocenters. The van der Waals surface area contributed by atoms with Crippen molar-refractivity contribution in [2.45, 2.75) is 23.6 Å². The molecule has 122 valence electrons. The van der Waals surface area contributed by atoms with Crippen LogP contribution in [0.15, 0.2) is 53.4 Å². The first-order chi connectivity index (χ1) is 11.0. The molecule has 0 aliphatic carbocycles. The molecular formula is C18H21ClN2OS. The quantitative estimate of drug-likeness (QED) is 0.801. The Morgan fingerprint density at radius 3 is 2.35 bits per heavy atom. The van der Waals surface area contributed by atoms with E-state index in [1.807, 2.05) is 55.5 Å². The molecule has 1 amide bonds. The Balaban J connectivity index is 1.96. The van der Waals surface area contributed by atoms with Crippen LogP contribution >= 0.6 is 23.4 Å². The number of nitrogens with two attached hydrogens (primary N) is 1. The largest absolute Gasteiger partial charge is 0.338 e. The standard InChI is InChI=1S/C18H21ClN2OS/c1-13(11-20)21(2)18(22)15-5-3-14(4-6-15)12-23-17-9-7-16(19)8-10-17/h3-10,13H,11-12,20H2,1-2H3. The predicted octanol–water partition coefficient (Wildman–Crippen LogP) is 4.05. The summed E-state index contributed by atoms with van der Waals surface area (Å²) >= 11 is 7.62. The molecule has 0 radical (unpaired) electrons. The molecule has 2 N–H and O–H groups in total. The lowest BCUT2D eigenvalue weighted by atomic mass is 10.1. The van der Waals surface area contributed by atoms with E-state index in [4.69, 9.17) is 17.3 Å². The molecule has 0 aromatic heterocycles. The van der Waals surface area contributed by atoms with Gasteiger partial charge in [0.2, 0.25) is 0 Å². The Hall–Kier alpha value is -1.49. The number of benzene rings is 2. The number of rotatable bonds is 6. The number of nitrogens with zero attached hydrogens (tertiary/aromatic N) is 1. The third-order valence-corrected chi connectivity index (χ3v) is 5.08. The van der Waals surface area contributed by atoms with E-state index in [2.05, 4.69) is 0 Å². The van der Waals surface area contributed by atoms with Crippen molar-refractivity contribution >= 4 is 29.3 Å². The van der Waals surface area contributed by atoms with E-state index in [-0.39, 0.29) is 11.9 Å². The van der Waals surface area contributed by atoms with Crippen LogP contribution in [0.5, 0.6) is 0 Å². The highest BCUT2D eigenvalue weighted by molar-refractivity contribution is 7.98.